The number of benzene rings is 3. The van der Waals surface area contributed by atoms with Gasteiger partial charge in [-0.25, -0.2) is 4.98 Å². The fourth-order valence-corrected chi connectivity index (χ4v) is 5.34. The van der Waals surface area contributed by atoms with Crippen molar-refractivity contribution in [1.82, 2.24) is 14.2 Å². The van der Waals surface area contributed by atoms with Crippen LogP contribution in [0.5, 0.6) is 11.5 Å². The van der Waals surface area contributed by atoms with Gasteiger partial charge in [-0.05, 0) is 99.3 Å². The van der Waals surface area contributed by atoms with Gasteiger partial charge in [-0.3, -0.25) is 9.59 Å². The number of rotatable bonds is 8. The molecule has 0 saturated heterocycles. The van der Waals surface area contributed by atoms with E-state index in [1.165, 1.54) is 11.6 Å². The summed E-state index contributed by atoms with van der Waals surface area (Å²) in [6, 6.07) is 20.8. The van der Waals surface area contributed by atoms with Gasteiger partial charge in [0.05, 0.1) is 23.7 Å². The summed E-state index contributed by atoms with van der Waals surface area (Å²) in [6.45, 7) is 14.2. The van der Waals surface area contributed by atoms with Crippen molar-refractivity contribution < 1.29 is 14.3 Å². The zero-order valence-electron chi connectivity index (χ0n) is 25.6. The van der Waals surface area contributed by atoms with Gasteiger partial charge in [0.15, 0.2) is 5.82 Å². The SMILES string of the molecule is CCOc1cc(C)c(-c2nc3ccccc3c(=O)n2N=Cc2cc(C)n(-c3ccc(OC(C)=O)cc3)c2C)cc1C(C)C. The molecule has 8 heteroatoms. The van der Waals surface area contributed by atoms with Gasteiger partial charge in [-0.15, -0.1) is 0 Å². The Morgan fingerprint density at radius 3 is 2.42 bits per heavy atom. The molecule has 0 amide bonds. The standard InChI is InChI=1S/C35H36N4O4/c1-8-42-33-17-22(4)31(19-30(33)21(2)3)34-37-32-12-10-9-11-29(32)35(41)39(34)36-20-26-18-23(5)38(24(26)6)27-13-15-28(16-14-27)43-25(7)40/h9-21H,8H2,1-7H3. The number of esters is 1. The molecule has 0 aliphatic rings. The second kappa shape index (κ2) is 12.1. The minimum atomic E-state index is -0.363. The van der Waals surface area contributed by atoms with Crippen molar-refractivity contribution in [3.05, 3.63) is 105 Å². The lowest BCUT2D eigenvalue weighted by molar-refractivity contribution is -0.131. The predicted octanol–water partition coefficient (Wildman–Crippen LogP) is 7.11. The first-order valence-electron chi connectivity index (χ1n) is 14.4. The quantitative estimate of drug-likeness (QED) is 0.112. The number of fused-ring (bicyclic) bond motifs is 1. The van der Waals surface area contributed by atoms with Crippen molar-refractivity contribution in [3.63, 3.8) is 0 Å². The maximum absolute atomic E-state index is 13.9. The number of hydrogen-bond donors (Lipinski definition) is 0. The third-order valence-corrected chi connectivity index (χ3v) is 7.41. The molecule has 0 saturated carbocycles. The van der Waals surface area contributed by atoms with Crippen LogP contribution < -0.4 is 15.0 Å². The number of nitrogens with zero attached hydrogens (tertiary/aromatic N) is 4. The highest BCUT2D eigenvalue weighted by Crippen LogP contribution is 2.34. The van der Waals surface area contributed by atoms with E-state index < -0.39 is 0 Å². The molecule has 2 aromatic heterocycles. The van der Waals surface area contributed by atoms with Crippen LogP contribution in [0.25, 0.3) is 28.0 Å². The molecule has 0 unspecified atom stereocenters. The summed E-state index contributed by atoms with van der Waals surface area (Å²) in [4.78, 5) is 30.1. The number of carbonyl (C=O) groups excluding carboxylic acids is 1. The average molecular weight is 577 g/mol. The average Bonchev–Trinajstić information content (AvgIpc) is 3.25. The van der Waals surface area contributed by atoms with E-state index in [-0.39, 0.29) is 17.4 Å². The largest absolute Gasteiger partial charge is 0.494 e. The van der Waals surface area contributed by atoms with E-state index in [0.717, 1.165) is 45.1 Å². The summed E-state index contributed by atoms with van der Waals surface area (Å²) in [5.74, 6) is 1.64. The molecule has 0 atom stereocenters. The molecule has 0 radical (unpaired) electrons. The van der Waals surface area contributed by atoms with E-state index in [2.05, 4.69) is 24.5 Å². The summed E-state index contributed by atoms with van der Waals surface area (Å²) in [6.07, 6.45) is 1.71. The van der Waals surface area contributed by atoms with Gasteiger partial charge in [0, 0.05) is 35.1 Å². The van der Waals surface area contributed by atoms with Crippen LogP contribution in [0.1, 0.15) is 61.7 Å². The summed E-state index contributed by atoms with van der Waals surface area (Å²) < 4.78 is 14.6. The minimum absolute atomic E-state index is 0.207. The van der Waals surface area contributed by atoms with Crippen molar-refractivity contribution in [3.8, 4) is 28.6 Å². The van der Waals surface area contributed by atoms with E-state index in [1.807, 2.05) is 70.2 Å². The van der Waals surface area contributed by atoms with Crippen LogP contribution in [0.2, 0.25) is 0 Å². The predicted molar refractivity (Wildman–Crippen MR) is 171 cm³/mol. The molecule has 0 aliphatic carbocycles. The zero-order chi connectivity index (χ0) is 30.8. The first-order valence-corrected chi connectivity index (χ1v) is 14.4. The van der Waals surface area contributed by atoms with Gasteiger partial charge in [-0.2, -0.15) is 9.78 Å². The number of aryl methyl sites for hydroxylation is 2. The van der Waals surface area contributed by atoms with Crippen molar-refractivity contribution in [2.45, 2.75) is 54.4 Å². The van der Waals surface area contributed by atoms with Gasteiger partial charge < -0.3 is 14.0 Å². The second-order valence-electron chi connectivity index (χ2n) is 10.9. The van der Waals surface area contributed by atoms with Gasteiger partial charge in [-0.1, -0.05) is 26.0 Å². The number of carbonyl (C=O) groups is 1. The van der Waals surface area contributed by atoms with Gasteiger partial charge in [0.1, 0.15) is 11.5 Å². The van der Waals surface area contributed by atoms with E-state index >= 15 is 0 Å². The van der Waals surface area contributed by atoms with Crippen molar-refractivity contribution in [1.29, 1.82) is 0 Å². The monoisotopic (exact) mass is 576 g/mol. The number of hydrogen-bond acceptors (Lipinski definition) is 6. The summed E-state index contributed by atoms with van der Waals surface area (Å²) in [5.41, 5.74) is 6.90. The Bertz CT molecular complexity index is 1910. The molecule has 0 N–H and O–H groups in total. The molecule has 5 rings (SSSR count). The molecule has 0 spiro atoms. The van der Waals surface area contributed by atoms with Crippen LogP contribution in [0.15, 0.2) is 76.6 Å². The third-order valence-electron chi connectivity index (χ3n) is 7.41. The zero-order valence-corrected chi connectivity index (χ0v) is 25.6. The highest BCUT2D eigenvalue weighted by atomic mass is 16.5. The molecular weight excluding hydrogens is 540 g/mol. The Balaban J connectivity index is 1.64. The second-order valence-corrected chi connectivity index (χ2v) is 10.9. The van der Waals surface area contributed by atoms with Crippen molar-refractivity contribution >= 4 is 23.1 Å². The molecular formula is C35H36N4O4. The maximum Gasteiger partial charge on any atom is 0.308 e. The highest BCUT2D eigenvalue weighted by Gasteiger charge is 2.19. The molecule has 0 fully saturated rings. The van der Waals surface area contributed by atoms with E-state index in [4.69, 9.17) is 19.6 Å². The Morgan fingerprint density at radius 2 is 1.74 bits per heavy atom. The molecule has 0 bridgehead atoms. The number of ether oxygens (including phenoxy) is 2. The van der Waals surface area contributed by atoms with E-state index in [1.54, 1.807) is 24.4 Å². The lowest BCUT2D eigenvalue weighted by atomic mass is 9.96. The number of para-hydroxylation sites is 1. The van der Waals surface area contributed by atoms with Crippen molar-refractivity contribution in [2.75, 3.05) is 6.61 Å². The topological polar surface area (TPSA) is 87.7 Å². The Labute approximate surface area is 251 Å². The normalized spacial score (nSPS) is 11.5. The van der Waals surface area contributed by atoms with Crippen LogP contribution in [-0.4, -0.2) is 33.0 Å². The highest BCUT2D eigenvalue weighted by molar-refractivity contribution is 5.84. The summed E-state index contributed by atoms with van der Waals surface area (Å²) in [5, 5.41) is 5.24. The Hall–Kier alpha value is -4.98. The van der Waals surface area contributed by atoms with Gasteiger partial charge in [0.25, 0.3) is 5.56 Å². The Morgan fingerprint density at radius 1 is 1.02 bits per heavy atom. The fourth-order valence-electron chi connectivity index (χ4n) is 5.34. The van der Waals surface area contributed by atoms with Crippen LogP contribution in [-0.2, 0) is 4.79 Å². The molecule has 5 aromatic rings. The summed E-state index contributed by atoms with van der Waals surface area (Å²) >= 11 is 0. The van der Waals surface area contributed by atoms with Crippen LogP contribution >= 0.6 is 0 Å². The fraction of sp³-hybridized carbons (Fsp3) is 0.257. The number of aromatic nitrogens is 3. The molecule has 43 heavy (non-hydrogen) atoms. The van der Waals surface area contributed by atoms with Gasteiger partial charge in [0.2, 0.25) is 0 Å². The summed E-state index contributed by atoms with van der Waals surface area (Å²) in [7, 11) is 0. The first kappa shape index (κ1) is 29.5. The smallest absolute Gasteiger partial charge is 0.308 e. The first-order chi connectivity index (χ1) is 20.6. The molecule has 220 valence electrons. The lowest BCUT2D eigenvalue weighted by Crippen LogP contribution is -2.21. The van der Waals surface area contributed by atoms with Crippen LogP contribution in [0.3, 0.4) is 0 Å². The molecule has 8 nitrogen and oxygen atoms in total. The van der Waals surface area contributed by atoms with Crippen LogP contribution in [0.4, 0.5) is 0 Å². The molecule has 3 aromatic carbocycles. The van der Waals surface area contributed by atoms with Crippen LogP contribution in [0, 0.1) is 20.8 Å². The Kier molecular flexibility index (Phi) is 8.30. The third kappa shape index (κ3) is 5.86. The van der Waals surface area contributed by atoms with E-state index in [9.17, 15) is 9.59 Å². The minimum Gasteiger partial charge on any atom is -0.494 e. The van der Waals surface area contributed by atoms with E-state index in [0.29, 0.717) is 29.1 Å². The lowest BCUT2D eigenvalue weighted by Gasteiger charge is -2.18. The molecule has 2 heterocycles. The molecule has 0 aliphatic heterocycles. The van der Waals surface area contributed by atoms with Crippen molar-refractivity contribution in [2.24, 2.45) is 5.10 Å². The maximum atomic E-state index is 13.9. The van der Waals surface area contributed by atoms with Gasteiger partial charge >= 0.3 is 5.97 Å².